The number of H-pyrrole nitrogens is 1. The molecule has 0 aliphatic rings. The average molecular weight is 192 g/mol. The van der Waals surface area contributed by atoms with Gasteiger partial charge in [0.2, 0.25) is 0 Å². The third-order valence-corrected chi connectivity index (χ3v) is 1.55. The van der Waals surface area contributed by atoms with Gasteiger partial charge in [-0.15, -0.1) is 0 Å². The Labute approximate surface area is 71.4 Å². The van der Waals surface area contributed by atoms with E-state index in [1.165, 1.54) is 0 Å². The largest absolute Gasteiger partial charge is 0.326 e. The maximum absolute atomic E-state index is 12.6. The van der Waals surface area contributed by atoms with Crippen LogP contribution in [0.1, 0.15) is 17.7 Å². The second-order valence-electron chi connectivity index (χ2n) is 2.39. The summed E-state index contributed by atoms with van der Waals surface area (Å²) < 4.78 is 36.9. The molecular formula is C7H7F3N2O. The van der Waals surface area contributed by atoms with Crippen molar-refractivity contribution in [2.75, 3.05) is 0 Å². The average Bonchev–Trinajstić information content (AvgIpc) is 2.08. The van der Waals surface area contributed by atoms with E-state index in [4.69, 9.17) is 5.73 Å². The van der Waals surface area contributed by atoms with Gasteiger partial charge in [0.1, 0.15) is 0 Å². The summed E-state index contributed by atoms with van der Waals surface area (Å²) in [6.07, 6.45) is -2.85. The minimum atomic E-state index is -2.85. The molecule has 1 heterocycles. The first kappa shape index (κ1) is 9.79. The van der Waals surface area contributed by atoms with E-state index in [9.17, 15) is 18.0 Å². The molecule has 13 heavy (non-hydrogen) atoms. The van der Waals surface area contributed by atoms with Crippen LogP contribution in [0.2, 0.25) is 0 Å². The van der Waals surface area contributed by atoms with Gasteiger partial charge in [-0.05, 0) is 11.6 Å². The zero-order valence-electron chi connectivity index (χ0n) is 6.48. The number of nitrogens with two attached hydrogens (primary N) is 1. The SMILES string of the molecule is NCc1cc(F)c(=O)[nH]c1C(F)F. The first-order valence-corrected chi connectivity index (χ1v) is 3.46. The Balaban J connectivity index is 3.33. The molecule has 0 unspecified atom stereocenters. The Morgan fingerprint density at radius 2 is 2.15 bits per heavy atom. The summed E-state index contributed by atoms with van der Waals surface area (Å²) in [5, 5.41) is 0. The smallest absolute Gasteiger partial charge is 0.284 e. The maximum Gasteiger partial charge on any atom is 0.284 e. The molecule has 0 saturated carbocycles. The summed E-state index contributed by atoms with van der Waals surface area (Å²) in [5.41, 5.74) is 3.22. The highest BCUT2D eigenvalue weighted by Crippen LogP contribution is 2.19. The minimum absolute atomic E-state index is 0.0906. The number of alkyl halides is 2. The van der Waals surface area contributed by atoms with Gasteiger partial charge in [0.15, 0.2) is 5.82 Å². The molecule has 0 radical (unpaired) electrons. The van der Waals surface area contributed by atoms with Crippen LogP contribution in [0.3, 0.4) is 0 Å². The second-order valence-corrected chi connectivity index (χ2v) is 2.39. The molecule has 3 nitrogen and oxygen atoms in total. The van der Waals surface area contributed by atoms with Gasteiger partial charge < -0.3 is 10.7 Å². The fourth-order valence-electron chi connectivity index (χ4n) is 0.922. The van der Waals surface area contributed by atoms with Gasteiger partial charge >= 0.3 is 0 Å². The molecule has 1 rings (SSSR count). The first-order chi connectivity index (χ1) is 6.06. The van der Waals surface area contributed by atoms with Crippen molar-refractivity contribution in [3.63, 3.8) is 0 Å². The van der Waals surface area contributed by atoms with Gasteiger partial charge in [-0.1, -0.05) is 0 Å². The predicted molar refractivity (Wildman–Crippen MR) is 39.9 cm³/mol. The van der Waals surface area contributed by atoms with E-state index in [2.05, 4.69) is 0 Å². The molecule has 0 bridgehead atoms. The zero-order valence-corrected chi connectivity index (χ0v) is 6.48. The van der Waals surface area contributed by atoms with E-state index in [1.807, 2.05) is 0 Å². The topological polar surface area (TPSA) is 58.9 Å². The number of pyridine rings is 1. The van der Waals surface area contributed by atoms with Crippen molar-refractivity contribution < 1.29 is 13.2 Å². The second kappa shape index (κ2) is 3.61. The van der Waals surface area contributed by atoms with Crippen LogP contribution < -0.4 is 11.3 Å². The van der Waals surface area contributed by atoms with Crippen molar-refractivity contribution in [3.05, 3.63) is 33.5 Å². The van der Waals surface area contributed by atoms with E-state index >= 15 is 0 Å². The monoisotopic (exact) mass is 192 g/mol. The van der Waals surface area contributed by atoms with Gasteiger partial charge in [0, 0.05) is 6.54 Å². The summed E-state index contributed by atoms with van der Waals surface area (Å²) in [5.74, 6) is -1.11. The Hall–Kier alpha value is -1.30. The third kappa shape index (κ3) is 1.89. The van der Waals surface area contributed by atoms with Crippen LogP contribution in [0.15, 0.2) is 10.9 Å². The maximum atomic E-state index is 12.6. The van der Waals surface area contributed by atoms with Crippen molar-refractivity contribution in [2.24, 2.45) is 5.73 Å². The lowest BCUT2D eigenvalue weighted by molar-refractivity contribution is 0.144. The molecule has 3 N–H and O–H groups in total. The molecule has 0 atom stereocenters. The number of aromatic amines is 1. The van der Waals surface area contributed by atoms with Crippen molar-refractivity contribution in [1.29, 1.82) is 0 Å². The third-order valence-electron chi connectivity index (χ3n) is 1.55. The molecule has 0 aliphatic heterocycles. The highest BCUT2D eigenvalue weighted by Gasteiger charge is 2.15. The van der Waals surface area contributed by atoms with Crippen LogP contribution in [0.25, 0.3) is 0 Å². The molecule has 0 saturated heterocycles. The molecule has 0 aromatic carbocycles. The van der Waals surface area contributed by atoms with Crippen LogP contribution in [0, 0.1) is 5.82 Å². The molecule has 1 aromatic heterocycles. The lowest BCUT2D eigenvalue weighted by Gasteiger charge is -2.05. The van der Waals surface area contributed by atoms with Crippen molar-refractivity contribution in [3.8, 4) is 0 Å². The Bertz CT molecular complexity index is 361. The van der Waals surface area contributed by atoms with Crippen molar-refractivity contribution in [2.45, 2.75) is 13.0 Å². The van der Waals surface area contributed by atoms with Crippen LogP contribution >= 0.6 is 0 Å². The molecule has 0 aliphatic carbocycles. The summed E-state index contributed by atoms with van der Waals surface area (Å²) in [6, 6.07) is 0.723. The lowest BCUT2D eigenvalue weighted by Crippen LogP contribution is -2.17. The first-order valence-electron chi connectivity index (χ1n) is 3.46. The normalized spacial score (nSPS) is 10.8. The van der Waals surface area contributed by atoms with E-state index in [-0.39, 0.29) is 12.1 Å². The number of hydrogen-bond donors (Lipinski definition) is 2. The van der Waals surface area contributed by atoms with Gasteiger partial charge in [0.05, 0.1) is 5.69 Å². The Morgan fingerprint density at radius 1 is 1.54 bits per heavy atom. The molecule has 0 fully saturated rings. The summed E-state index contributed by atoms with van der Waals surface area (Å²) >= 11 is 0. The fraction of sp³-hybridized carbons (Fsp3) is 0.286. The number of halogens is 3. The quantitative estimate of drug-likeness (QED) is 0.731. The van der Waals surface area contributed by atoms with E-state index in [1.54, 1.807) is 4.98 Å². The summed E-state index contributed by atoms with van der Waals surface area (Å²) in [7, 11) is 0. The minimum Gasteiger partial charge on any atom is -0.326 e. The molecule has 72 valence electrons. The summed E-state index contributed by atoms with van der Waals surface area (Å²) in [6.45, 7) is -0.243. The molecular weight excluding hydrogens is 185 g/mol. The van der Waals surface area contributed by atoms with Crippen LogP contribution in [-0.2, 0) is 6.54 Å². The number of aromatic nitrogens is 1. The van der Waals surface area contributed by atoms with Gasteiger partial charge in [-0.25, -0.2) is 13.2 Å². The predicted octanol–water partition coefficient (Wildman–Crippen LogP) is 0.910. The van der Waals surface area contributed by atoms with Crippen molar-refractivity contribution in [1.82, 2.24) is 4.98 Å². The van der Waals surface area contributed by atoms with Gasteiger partial charge in [-0.2, -0.15) is 0 Å². The van der Waals surface area contributed by atoms with Gasteiger partial charge in [0.25, 0.3) is 12.0 Å². The van der Waals surface area contributed by atoms with E-state index in [0.29, 0.717) is 0 Å². The lowest BCUT2D eigenvalue weighted by atomic mass is 10.2. The highest BCUT2D eigenvalue weighted by molar-refractivity contribution is 5.21. The number of nitrogens with one attached hydrogen (secondary N) is 1. The number of rotatable bonds is 2. The van der Waals surface area contributed by atoms with Crippen LogP contribution in [-0.4, -0.2) is 4.98 Å². The molecule has 0 amide bonds. The summed E-state index contributed by atoms with van der Waals surface area (Å²) in [4.78, 5) is 12.3. The highest BCUT2D eigenvalue weighted by atomic mass is 19.3. The molecule has 0 spiro atoms. The Morgan fingerprint density at radius 3 is 2.62 bits per heavy atom. The molecule has 1 aromatic rings. The van der Waals surface area contributed by atoms with Crippen LogP contribution in [0.4, 0.5) is 13.2 Å². The van der Waals surface area contributed by atoms with E-state index in [0.717, 1.165) is 6.07 Å². The van der Waals surface area contributed by atoms with Gasteiger partial charge in [-0.3, -0.25) is 4.79 Å². The van der Waals surface area contributed by atoms with Crippen molar-refractivity contribution >= 4 is 0 Å². The standard InChI is InChI=1S/C7H7F3N2O/c8-4-1-3(2-11)5(6(9)10)12-7(4)13/h1,6H,2,11H2,(H,12,13). The molecule has 6 heteroatoms. The fourth-order valence-corrected chi connectivity index (χ4v) is 0.922. The number of hydrogen-bond acceptors (Lipinski definition) is 2. The van der Waals surface area contributed by atoms with Crippen LogP contribution in [0.5, 0.6) is 0 Å². The Kier molecular flexibility index (Phi) is 2.72. The van der Waals surface area contributed by atoms with E-state index < -0.39 is 23.5 Å². The zero-order chi connectivity index (χ0) is 10.0.